The molecule has 1 nitrogen and oxygen atoms in total. The van der Waals surface area contributed by atoms with Crippen molar-refractivity contribution < 1.29 is 0 Å². The first-order valence-electron chi connectivity index (χ1n) is 7.40. The van der Waals surface area contributed by atoms with Crippen molar-refractivity contribution in [2.75, 3.05) is 6.54 Å². The molecule has 1 heterocycles. The summed E-state index contributed by atoms with van der Waals surface area (Å²) in [7, 11) is 0. The lowest BCUT2D eigenvalue weighted by molar-refractivity contribution is 0.537. The fourth-order valence-electron chi connectivity index (χ4n) is 2.30. The highest BCUT2D eigenvalue weighted by atomic mass is 35.5. The molecule has 0 bridgehead atoms. The molecule has 0 saturated carbocycles. The second-order valence-corrected chi connectivity index (χ2v) is 7.08. The Bertz CT molecular complexity index is 560. The predicted molar refractivity (Wildman–Crippen MR) is 94.9 cm³/mol. The molecule has 114 valence electrons. The minimum Gasteiger partial charge on any atom is -0.309 e. The van der Waals surface area contributed by atoms with Crippen LogP contribution in [0.5, 0.6) is 0 Å². The highest BCUT2D eigenvalue weighted by molar-refractivity contribution is 7.12. The molecule has 2 aromatic rings. The molecule has 0 spiro atoms. The molecule has 2 rings (SSSR count). The van der Waals surface area contributed by atoms with E-state index in [0.29, 0.717) is 0 Å². The average molecular weight is 342 g/mol. The minimum absolute atomic E-state index is 0.271. The number of nitrogens with one attached hydrogen (secondary N) is 1. The van der Waals surface area contributed by atoms with E-state index in [-0.39, 0.29) is 6.04 Å². The van der Waals surface area contributed by atoms with E-state index in [1.54, 1.807) is 0 Å². The van der Waals surface area contributed by atoms with Crippen LogP contribution in [0.25, 0.3) is 0 Å². The molecule has 1 unspecified atom stereocenters. The molecule has 0 radical (unpaired) electrons. The summed E-state index contributed by atoms with van der Waals surface area (Å²) in [5.41, 5.74) is 1.03. The van der Waals surface area contributed by atoms with Gasteiger partial charge in [0, 0.05) is 25.8 Å². The highest BCUT2D eigenvalue weighted by Crippen LogP contribution is 2.32. The number of aryl methyl sites for hydroxylation is 1. The van der Waals surface area contributed by atoms with Gasteiger partial charge >= 0.3 is 0 Å². The summed E-state index contributed by atoms with van der Waals surface area (Å²) in [4.78, 5) is 2.77. The third-order valence-corrected chi connectivity index (χ3v) is 5.54. The van der Waals surface area contributed by atoms with Crippen LogP contribution in [0.4, 0.5) is 0 Å². The van der Waals surface area contributed by atoms with Crippen LogP contribution < -0.4 is 5.32 Å². The maximum atomic E-state index is 6.32. The topological polar surface area (TPSA) is 12.0 Å². The van der Waals surface area contributed by atoms with Crippen molar-refractivity contribution in [2.24, 2.45) is 0 Å². The Morgan fingerprint density at radius 1 is 1.10 bits per heavy atom. The summed E-state index contributed by atoms with van der Waals surface area (Å²) in [6, 6.07) is 10.4. The van der Waals surface area contributed by atoms with Gasteiger partial charge in [-0.05, 0) is 55.6 Å². The Hall–Kier alpha value is -0.540. The fraction of sp³-hybridized carbons (Fsp3) is 0.412. The Balaban J connectivity index is 2.23. The zero-order valence-corrected chi connectivity index (χ0v) is 14.8. The van der Waals surface area contributed by atoms with Crippen molar-refractivity contribution in [3.8, 4) is 0 Å². The summed E-state index contributed by atoms with van der Waals surface area (Å²) in [6.07, 6.45) is 3.01. The van der Waals surface area contributed by atoms with Gasteiger partial charge in [-0.25, -0.2) is 0 Å². The monoisotopic (exact) mass is 341 g/mol. The van der Waals surface area contributed by atoms with E-state index in [1.807, 2.05) is 29.5 Å². The second-order valence-electron chi connectivity index (χ2n) is 5.07. The predicted octanol–water partition coefficient (Wildman–Crippen LogP) is 5.90. The van der Waals surface area contributed by atoms with Crippen molar-refractivity contribution in [1.29, 1.82) is 0 Å². The number of hydrogen-bond donors (Lipinski definition) is 1. The maximum Gasteiger partial charge on any atom is 0.0456 e. The van der Waals surface area contributed by atoms with Crippen LogP contribution in [0.3, 0.4) is 0 Å². The number of rotatable bonds is 7. The van der Waals surface area contributed by atoms with E-state index in [0.717, 1.165) is 41.4 Å². The van der Waals surface area contributed by atoms with Crippen molar-refractivity contribution in [1.82, 2.24) is 5.32 Å². The molecular formula is C17H21Cl2NS. The van der Waals surface area contributed by atoms with Crippen LogP contribution in [-0.4, -0.2) is 6.54 Å². The van der Waals surface area contributed by atoms with Crippen LogP contribution in [-0.2, 0) is 12.8 Å². The van der Waals surface area contributed by atoms with Crippen molar-refractivity contribution >= 4 is 34.5 Å². The molecule has 0 saturated heterocycles. The van der Waals surface area contributed by atoms with Crippen molar-refractivity contribution in [2.45, 2.75) is 39.2 Å². The first-order valence-corrected chi connectivity index (χ1v) is 8.97. The fourth-order valence-corrected chi connectivity index (χ4v) is 3.88. The quantitative estimate of drug-likeness (QED) is 0.660. The van der Waals surface area contributed by atoms with Crippen molar-refractivity contribution in [3.05, 3.63) is 55.7 Å². The van der Waals surface area contributed by atoms with E-state index < -0.39 is 0 Å². The smallest absolute Gasteiger partial charge is 0.0456 e. The summed E-state index contributed by atoms with van der Waals surface area (Å²) in [5.74, 6) is 0. The first-order chi connectivity index (χ1) is 10.2. The average Bonchev–Trinajstić information content (AvgIpc) is 2.95. The molecule has 1 N–H and O–H groups in total. The normalized spacial score (nSPS) is 12.6. The van der Waals surface area contributed by atoms with Gasteiger partial charge in [0.2, 0.25) is 0 Å². The largest absolute Gasteiger partial charge is 0.309 e. The van der Waals surface area contributed by atoms with E-state index in [2.05, 4.69) is 31.3 Å². The van der Waals surface area contributed by atoms with Crippen LogP contribution in [0.2, 0.25) is 10.0 Å². The van der Waals surface area contributed by atoms with Gasteiger partial charge in [0.15, 0.2) is 0 Å². The zero-order valence-electron chi connectivity index (χ0n) is 12.5. The molecule has 0 amide bonds. The number of hydrogen-bond acceptors (Lipinski definition) is 2. The third-order valence-electron chi connectivity index (χ3n) is 3.49. The summed E-state index contributed by atoms with van der Waals surface area (Å²) in [6.45, 7) is 5.36. The standard InChI is InChI=1S/C17H21Cl2NS/c1-3-10-20-16(17-9-8-12(4-2)21-17)11-13-14(18)6-5-7-15(13)19/h5-9,16,20H,3-4,10-11H2,1-2H3. The Morgan fingerprint density at radius 2 is 1.81 bits per heavy atom. The van der Waals surface area contributed by atoms with Gasteiger partial charge in [-0.15, -0.1) is 11.3 Å². The molecule has 0 fully saturated rings. The molecule has 4 heteroatoms. The van der Waals surface area contributed by atoms with Gasteiger partial charge in [0.25, 0.3) is 0 Å². The maximum absolute atomic E-state index is 6.32. The van der Waals surface area contributed by atoms with Gasteiger partial charge < -0.3 is 5.32 Å². The Kier molecular flexibility index (Phi) is 6.56. The van der Waals surface area contributed by atoms with Gasteiger partial charge in [0.05, 0.1) is 0 Å². The van der Waals surface area contributed by atoms with Crippen LogP contribution >= 0.6 is 34.5 Å². The number of halogens is 2. The lowest BCUT2D eigenvalue weighted by Crippen LogP contribution is -2.23. The second kappa shape index (κ2) is 8.19. The van der Waals surface area contributed by atoms with E-state index >= 15 is 0 Å². The van der Waals surface area contributed by atoms with Crippen molar-refractivity contribution in [3.63, 3.8) is 0 Å². The molecule has 1 atom stereocenters. The van der Waals surface area contributed by atoms with E-state index in [9.17, 15) is 0 Å². The molecule has 0 aliphatic heterocycles. The van der Waals surface area contributed by atoms with Crippen LogP contribution in [0, 0.1) is 0 Å². The minimum atomic E-state index is 0.271. The summed E-state index contributed by atoms with van der Waals surface area (Å²) >= 11 is 14.5. The Labute approximate surface area is 141 Å². The first kappa shape index (κ1) is 16.8. The van der Waals surface area contributed by atoms with E-state index in [4.69, 9.17) is 23.2 Å². The number of benzene rings is 1. The zero-order chi connectivity index (χ0) is 15.2. The van der Waals surface area contributed by atoms with Gasteiger partial charge in [0.1, 0.15) is 0 Å². The molecule has 0 aliphatic carbocycles. The molecule has 1 aromatic carbocycles. The lowest BCUT2D eigenvalue weighted by atomic mass is 10.0. The number of thiophene rings is 1. The lowest BCUT2D eigenvalue weighted by Gasteiger charge is -2.19. The molecule has 1 aromatic heterocycles. The van der Waals surface area contributed by atoms with E-state index in [1.165, 1.54) is 9.75 Å². The molecule has 21 heavy (non-hydrogen) atoms. The summed E-state index contributed by atoms with van der Waals surface area (Å²) in [5, 5.41) is 5.12. The SMILES string of the molecule is CCCNC(Cc1c(Cl)cccc1Cl)c1ccc(CC)s1. The summed E-state index contributed by atoms with van der Waals surface area (Å²) < 4.78 is 0. The highest BCUT2D eigenvalue weighted by Gasteiger charge is 2.17. The van der Waals surface area contributed by atoms with Gasteiger partial charge in [-0.3, -0.25) is 0 Å². The van der Waals surface area contributed by atoms with Crippen LogP contribution in [0.1, 0.15) is 41.6 Å². The Morgan fingerprint density at radius 3 is 2.38 bits per heavy atom. The van der Waals surface area contributed by atoms with Crippen LogP contribution in [0.15, 0.2) is 30.3 Å². The molecular weight excluding hydrogens is 321 g/mol. The third kappa shape index (κ3) is 4.46. The van der Waals surface area contributed by atoms with Gasteiger partial charge in [-0.2, -0.15) is 0 Å². The molecule has 0 aliphatic rings. The van der Waals surface area contributed by atoms with Gasteiger partial charge in [-0.1, -0.05) is 43.1 Å².